The number of nitrogens with one attached hydrogen (secondary N) is 1. The Labute approximate surface area is 67.4 Å². The Morgan fingerprint density at radius 2 is 2.20 bits per heavy atom. The molecule has 0 unspecified atom stereocenters. The molecule has 2 saturated heterocycles. The van der Waals surface area contributed by atoms with Crippen LogP contribution < -0.4 is 5.32 Å². The summed E-state index contributed by atoms with van der Waals surface area (Å²) in [4.78, 5) is 0. The topological polar surface area (TPSA) is 32.3 Å². The van der Waals surface area contributed by atoms with Gasteiger partial charge in [-0.25, -0.2) is 0 Å². The van der Waals surface area contributed by atoms with Gasteiger partial charge in [0.05, 0.1) is 0 Å². The molecule has 2 bridgehead atoms. The monoisotopic (exact) mass is 163 g/mol. The summed E-state index contributed by atoms with van der Waals surface area (Å²) >= 11 is 0. The number of hydrogen-bond donors (Lipinski definition) is 2. The number of halogens is 1. The van der Waals surface area contributed by atoms with Gasteiger partial charge in [-0.1, -0.05) is 0 Å². The van der Waals surface area contributed by atoms with Gasteiger partial charge in [0, 0.05) is 18.7 Å². The molecular weight excluding hydrogens is 150 g/mol. The predicted octanol–water partition coefficient (Wildman–Crippen LogP) is 0.541. The van der Waals surface area contributed by atoms with Gasteiger partial charge in [0.15, 0.2) is 0 Å². The van der Waals surface area contributed by atoms with E-state index in [2.05, 4.69) is 5.32 Å². The molecule has 3 atom stereocenters. The molecule has 0 aromatic carbocycles. The molecule has 3 heteroatoms. The van der Waals surface area contributed by atoms with Gasteiger partial charge in [0.2, 0.25) is 0 Å². The third kappa shape index (κ3) is 1.16. The number of fused-ring (bicyclic) bond motifs is 2. The summed E-state index contributed by atoms with van der Waals surface area (Å²) < 4.78 is 0. The predicted molar refractivity (Wildman–Crippen MR) is 42.4 cm³/mol. The first-order valence-electron chi connectivity index (χ1n) is 3.77. The molecule has 0 spiro atoms. The zero-order chi connectivity index (χ0) is 6.27. The number of aliphatic hydroxyl groups excluding tert-OH is 1. The minimum Gasteiger partial charge on any atom is -0.396 e. The van der Waals surface area contributed by atoms with Gasteiger partial charge in [0.1, 0.15) is 0 Å². The van der Waals surface area contributed by atoms with Gasteiger partial charge in [-0.3, -0.25) is 0 Å². The smallest absolute Gasteiger partial charge is 0.0474 e. The molecule has 2 fully saturated rings. The zero-order valence-electron chi connectivity index (χ0n) is 5.92. The van der Waals surface area contributed by atoms with Crippen molar-refractivity contribution in [3.8, 4) is 0 Å². The summed E-state index contributed by atoms with van der Waals surface area (Å²) in [6.07, 6.45) is 3.83. The van der Waals surface area contributed by atoms with Crippen molar-refractivity contribution in [2.45, 2.75) is 31.3 Å². The second-order valence-electron chi connectivity index (χ2n) is 3.23. The normalized spacial score (nSPS) is 43.5. The van der Waals surface area contributed by atoms with E-state index in [-0.39, 0.29) is 12.4 Å². The Morgan fingerprint density at radius 1 is 1.40 bits per heavy atom. The van der Waals surface area contributed by atoms with Crippen LogP contribution in [0.5, 0.6) is 0 Å². The molecule has 0 aromatic rings. The van der Waals surface area contributed by atoms with Crippen LogP contribution in [0.25, 0.3) is 0 Å². The molecule has 2 nitrogen and oxygen atoms in total. The number of rotatable bonds is 1. The Bertz CT molecular complexity index is 120. The van der Waals surface area contributed by atoms with Gasteiger partial charge in [-0.15, -0.1) is 12.4 Å². The van der Waals surface area contributed by atoms with Crippen LogP contribution >= 0.6 is 12.4 Å². The van der Waals surface area contributed by atoms with E-state index in [0.717, 1.165) is 6.04 Å². The molecule has 60 valence electrons. The standard InChI is InChI=1S/C7H13NO.ClH/c9-4-5-3-6-1-2-7(5)8-6;/h5-9H,1-4H2;1H/t5-,6+,7-;/m0./s1. The van der Waals surface area contributed by atoms with Gasteiger partial charge in [0.25, 0.3) is 0 Å². The summed E-state index contributed by atoms with van der Waals surface area (Å²) in [7, 11) is 0. The SMILES string of the molecule is Cl.OC[C@@H]1C[C@H]2CC[C@@H]1N2. The minimum absolute atomic E-state index is 0. The van der Waals surface area contributed by atoms with Gasteiger partial charge >= 0.3 is 0 Å². The average molecular weight is 164 g/mol. The van der Waals surface area contributed by atoms with E-state index in [1.807, 2.05) is 0 Å². The van der Waals surface area contributed by atoms with Gasteiger partial charge < -0.3 is 10.4 Å². The zero-order valence-corrected chi connectivity index (χ0v) is 6.73. The van der Waals surface area contributed by atoms with Gasteiger partial charge in [-0.05, 0) is 25.2 Å². The highest BCUT2D eigenvalue weighted by molar-refractivity contribution is 5.85. The average Bonchev–Trinajstić information content (AvgIpc) is 2.45. The molecule has 2 rings (SSSR count). The first-order chi connectivity index (χ1) is 4.40. The molecule has 2 aliphatic rings. The maximum absolute atomic E-state index is 8.85. The van der Waals surface area contributed by atoms with Crippen LogP contribution in [0, 0.1) is 5.92 Å². The van der Waals surface area contributed by atoms with E-state index in [1.165, 1.54) is 19.3 Å². The van der Waals surface area contributed by atoms with Crippen molar-refractivity contribution in [1.29, 1.82) is 0 Å². The molecule has 2 heterocycles. The molecule has 0 radical (unpaired) electrons. The fourth-order valence-electron chi connectivity index (χ4n) is 2.14. The highest BCUT2D eigenvalue weighted by Crippen LogP contribution is 2.32. The molecule has 0 aliphatic carbocycles. The lowest BCUT2D eigenvalue weighted by Crippen LogP contribution is -2.24. The number of hydrogen-bond acceptors (Lipinski definition) is 2. The molecule has 10 heavy (non-hydrogen) atoms. The third-order valence-corrected chi connectivity index (χ3v) is 2.67. The Hall–Kier alpha value is 0.210. The van der Waals surface area contributed by atoms with E-state index in [4.69, 9.17) is 5.11 Å². The highest BCUT2D eigenvalue weighted by Gasteiger charge is 2.38. The van der Waals surface area contributed by atoms with Crippen LogP contribution in [0.4, 0.5) is 0 Å². The first-order valence-corrected chi connectivity index (χ1v) is 3.77. The molecule has 2 N–H and O–H groups in total. The van der Waals surface area contributed by atoms with Crippen LogP contribution in [0.1, 0.15) is 19.3 Å². The van der Waals surface area contributed by atoms with Crippen molar-refractivity contribution in [2.75, 3.05) is 6.61 Å². The lowest BCUT2D eigenvalue weighted by Gasteiger charge is -2.16. The van der Waals surface area contributed by atoms with E-state index in [0.29, 0.717) is 18.6 Å². The Morgan fingerprint density at radius 3 is 2.50 bits per heavy atom. The van der Waals surface area contributed by atoms with Gasteiger partial charge in [-0.2, -0.15) is 0 Å². The lowest BCUT2D eigenvalue weighted by atomic mass is 9.90. The Balaban J connectivity index is 0.000000500. The lowest BCUT2D eigenvalue weighted by molar-refractivity contribution is 0.203. The third-order valence-electron chi connectivity index (χ3n) is 2.67. The summed E-state index contributed by atoms with van der Waals surface area (Å²) in [6.45, 7) is 0.383. The number of aliphatic hydroxyl groups is 1. The van der Waals surface area contributed by atoms with E-state index < -0.39 is 0 Å². The maximum Gasteiger partial charge on any atom is 0.0474 e. The minimum atomic E-state index is 0. The van der Waals surface area contributed by atoms with Crippen molar-refractivity contribution in [1.82, 2.24) is 5.32 Å². The van der Waals surface area contributed by atoms with Crippen LogP contribution in [-0.2, 0) is 0 Å². The van der Waals surface area contributed by atoms with E-state index in [1.54, 1.807) is 0 Å². The van der Waals surface area contributed by atoms with E-state index in [9.17, 15) is 0 Å². The van der Waals surface area contributed by atoms with Crippen molar-refractivity contribution in [3.63, 3.8) is 0 Å². The molecule has 0 amide bonds. The van der Waals surface area contributed by atoms with Crippen molar-refractivity contribution >= 4 is 12.4 Å². The Kier molecular flexibility index (Phi) is 2.55. The fraction of sp³-hybridized carbons (Fsp3) is 1.00. The quantitative estimate of drug-likeness (QED) is 0.592. The van der Waals surface area contributed by atoms with Crippen molar-refractivity contribution in [3.05, 3.63) is 0 Å². The summed E-state index contributed by atoms with van der Waals surface area (Å²) in [5, 5.41) is 12.3. The molecule has 0 aromatic heterocycles. The maximum atomic E-state index is 8.85. The first kappa shape index (κ1) is 8.31. The van der Waals surface area contributed by atoms with Crippen LogP contribution in [-0.4, -0.2) is 23.8 Å². The van der Waals surface area contributed by atoms with Crippen LogP contribution in [0.15, 0.2) is 0 Å². The largest absolute Gasteiger partial charge is 0.396 e. The van der Waals surface area contributed by atoms with E-state index >= 15 is 0 Å². The fourth-order valence-corrected chi connectivity index (χ4v) is 2.14. The molecule has 2 aliphatic heterocycles. The van der Waals surface area contributed by atoms with Crippen LogP contribution in [0.3, 0.4) is 0 Å². The highest BCUT2D eigenvalue weighted by atomic mass is 35.5. The van der Waals surface area contributed by atoms with Crippen molar-refractivity contribution < 1.29 is 5.11 Å². The summed E-state index contributed by atoms with van der Waals surface area (Å²) in [5.41, 5.74) is 0. The second kappa shape index (κ2) is 3.07. The molecular formula is C7H14ClNO. The summed E-state index contributed by atoms with van der Waals surface area (Å²) in [5.74, 6) is 0.573. The van der Waals surface area contributed by atoms with Crippen LogP contribution in [0.2, 0.25) is 0 Å². The summed E-state index contributed by atoms with van der Waals surface area (Å²) in [6, 6.07) is 1.40. The molecule has 0 saturated carbocycles. The second-order valence-corrected chi connectivity index (χ2v) is 3.23. The van der Waals surface area contributed by atoms with Crippen molar-refractivity contribution in [2.24, 2.45) is 5.92 Å².